The third-order valence-corrected chi connectivity index (χ3v) is 2.66. The van der Waals surface area contributed by atoms with Crippen molar-refractivity contribution < 1.29 is 8.78 Å². The van der Waals surface area contributed by atoms with Gasteiger partial charge < -0.3 is 4.90 Å². The van der Waals surface area contributed by atoms with Crippen molar-refractivity contribution in [2.75, 3.05) is 13.1 Å². The first kappa shape index (κ1) is 9.90. The van der Waals surface area contributed by atoms with E-state index in [9.17, 15) is 8.78 Å². The van der Waals surface area contributed by atoms with E-state index in [1.54, 1.807) is 0 Å². The van der Waals surface area contributed by atoms with Gasteiger partial charge in [0.05, 0.1) is 0 Å². The maximum atomic E-state index is 12.2. The molecule has 1 nitrogen and oxygen atoms in total. The molecule has 0 aliphatic carbocycles. The quantitative estimate of drug-likeness (QED) is 0.626. The highest BCUT2D eigenvalue weighted by Crippen LogP contribution is 2.24. The second kappa shape index (κ2) is 4.17. The molecule has 0 bridgehead atoms. The van der Waals surface area contributed by atoms with Crippen molar-refractivity contribution >= 4 is 0 Å². The lowest BCUT2D eigenvalue weighted by Crippen LogP contribution is -2.39. The highest BCUT2D eigenvalue weighted by Gasteiger charge is 2.26. The van der Waals surface area contributed by atoms with Crippen molar-refractivity contribution in [2.45, 2.75) is 39.2 Å². The van der Waals surface area contributed by atoms with Crippen LogP contribution in [-0.2, 0) is 0 Å². The van der Waals surface area contributed by atoms with Crippen molar-refractivity contribution in [3.63, 3.8) is 0 Å². The van der Waals surface area contributed by atoms with Crippen LogP contribution < -0.4 is 0 Å². The first-order valence-electron chi connectivity index (χ1n) is 4.63. The van der Waals surface area contributed by atoms with Gasteiger partial charge in [-0.05, 0) is 39.8 Å². The maximum Gasteiger partial charge on any atom is 0.241 e. The fourth-order valence-electron chi connectivity index (χ4n) is 1.69. The lowest BCUT2D eigenvalue weighted by Gasteiger charge is -2.34. The van der Waals surface area contributed by atoms with Crippen molar-refractivity contribution in [2.24, 2.45) is 5.92 Å². The fraction of sp³-hybridized carbons (Fsp3) is 1.00. The molecule has 1 aliphatic rings. The van der Waals surface area contributed by atoms with Crippen LogP contribution in [0.2, 0.25) is 0 Å². The molecule has 1 rings (SSSR count). The van der Waals surface area contributed by atoms with Gasteiger partial charge in [-0.25, -0.2) is 8.78 Å². The molecule has 0 saturated carbocycles. The van der Waals surface area contributed by atoms with Gasteiger partial charge in [-0.2, -0.15) is 0 Å². The number of alkyl halides is 2. The zero-order valence-corrected chi connectivity index (χ0v) is 7.76. The van der Waals surface area contributed by atoms with E-state index in [-0.39, 0.29) is 5.92 Å². The van der Waals surface area contributed by atoms with Crippen LogP contribution >= 0.6 is 0 Å². The molecule has 1 saturated heterocycles. The fourth-order valence-corrected chi connectivity index (χ4v) is 1.69. The topological polar surface area (TPSA) is 3.24 Å². The molecule has 3 heteroatoms. The second-order valence-corrected chi connectivity index (χ2v) is 3.80. The van der Waals surface area contributed by atoms with E-state index in [1.807, 2.05) is 0 Å². The smallest absolute Gasteiger partial charge is 0.241 e. The van der Waals surface area contributed by atoms with Crippen LogP contribution in [0.1, 0.15) is 26.7 Å². The predicted octanol–water partition coefficient (Wildman–Crippen LogP) is 2.37. The van der Waals surface area contributed by atoms with E-state index < -0.39 is 6.43 Å². The minimum atomic E-state index is -2.11. The number of rotatable bonds is 2. The van der Waals surface area contributed by atoms with Gasteiger partial charge in [0.1, 0.15) is 0 Å². The third-order valence-electron chi connectivity index (χ3n) is 2.66. The van der Waals surface area contributed by atoms with Crippen LogP contribution in [0.4, 0.5) is 8.78 Å². The van der Waals surface area contributed by atoms with Crippen LogP contribution in [0, 0.1) is 5.92 Å². The Labute approximate surface area is 72.7 Å². The normalized spacial score (nSPS) is 22.5. The molecule has 12 heavy (non-hydrogen) atoms. The summed E-state index contributed by atoms with van der Waals surface area (Å²) in [5.41, 5.74) is 0. The summed E-state index contributed by atoms with van der Waals surface area (Å²) in [6.07, 6.45) is -0.787. The van der Waals surface area contributed by atoms with Crippen LogP contribution in [0.3, 0.4) is 0 Å². The van der Waals surface area contributed by atoms with Crippen LogP contribution in [-0.4, -0.2) is 30.5 Å². The Morgan fingerprint density at radius 1 is 1.17 bits per heavy atom. The average Bonchev–Trinajstić information content (AvgIpc) is 2.04. The number of piperidine rings is 1. The standard InChI is InChI=1S/C9H17F2N/c1-7(2)12-5-3-8(4-6-12)9(10)11/h7-9H,3-6H2,1-2H3. The molecule has 0 aromatic heterocycles. The molecule has 72 valence electrons. The lowest BCUT2D eigenvalue weighted by molar-refractivity contribution is 0.0283. The number of hydrogen-bond donors (Lipinski definition) is 0. The Kier molecular flexibility index (Phi) is 3.44. The SMILES string of the molecule is CC(C)N1CCC(C(F)F)CC1. The number of likely N-dealkylation sites (tertiary alicyclic amines) is 1. The van der Waals surface area contributed by atoms with E-state index in [1.165, 1.54) is 0 Å². The molecule has 0 unspecified atom stereocenters. The summed E-state index contributed by atoms with van der Waals surface area (Å²) in [5, 5.41) is 0. The summed E-state index contributed by atoms with van der Waals surface area (Å²) in [6.45, 7) is 5.91. The van der Waals surface area contributed by atoms with E-state index in [0.29, 0.717) is 18.9 Å². The Hall–Kier alpha value is -0.180. The Balaban J connectivity index is 2.30. The lowest BCUT2D eigenvalue weighted by atomic mass is 9.97. The summed E-state index contributed by atoms with van der Waals surface area (Å²) < 4.78 is 24.5. The molecule has 0 spiro atoms. The van der Waals surface area contributed by atoms with Gasteiger partial charge in [0.25, 0.3) is 0 Å². The monoisotopic (exact) mass is 177 g/mol. The van der Waals surface area contributed by atoms with Crippen molar-refractivity contribution in [1.29, 1.82) is 0 Å². The van der Waals surface area contributed by atoms with Gasteiger partial charge in [0.15, 0.2) is 0 Å². The van der Waals surface area contributed by atoms with Gasteiger partial charge in [-0.3, -0.25) is 0 Å². The van der Waals surface area contributed by atoms with Crippen molar-refractivity contribution in [3.8, 4) is 0 Å². The number of hydrogen-bond acceptors (Lipinski definition) is 1. The highest BCUT2D eigenvalue weighted by molar-refractivity contribution is 4.75. The van der Waals surface area contributed by atoms with Crippen LogP contribution in [0.5, 0.6) is 0 Å². The van der Waals surface area contributed by atoms with E-state index in [0.717, 1.165) is 13.1 Å². The summed E-state index contributed by atoms with van der Waals surface area (Å²) in [5.74, 6) is -0.347. The molecule has 0 N–H and O–H groups in total. The Morgan fingerprint density at radius 3 is 2.00 bits per heavy atom. The molecule has 1 aliphatic heterocycles. The van der Waals surface area contributed by atoms with E-state index in [4.69, 9.17) is 0 Å². The summed E-state index contributed by atoms with van der Waals surface area (Å²) in [6, 6.07) is 0.503. The average molecular weight is 177 g/mol. The zero-order chi connectivity index (χ0) is 9.14. The van der Waals surface area contributed by atoms with Crippen LogP contribution in [0.25, 0.3) is 0 Å². The number of halogens is 2. The van der Waals surface area contributed by atoms with Crippen LogP contribution in [0.15, 0.2) is 0 Å². The minimum Gasteiger partial charge on any atom is -0.301 e. The predicted molar refractivity (Wildman–Crippen MR) is 45.4 cm³/mol. The van der Waals surface area contributed by atoms with Crippen molar-refractivity contribution in [1.82, 2.24) is 4.90 Å². The summed E-state index contributed by atoms with van der Waals surface area (Å²) in [4.78, 5) is 2.26. The molecule has 0 amide bonds. The van der Waals surface area contributed by atoms with Gasteiger partial charge >= 0.3 is 0 Å². The van der Waals surface area contributed by atoms with Gasteiger partial charge in [0, 0.05) is 12.0 Å². The molecule has 0 aromatic rings. The molecular formula is C9H17F2N. The third kappa shape index (κ3) is 2.41. The van der Waals surface area contributed by atoms with E-state index >= 15 is 0 Å². The Bertz CT molecular complexity index is 112. The van der Waals surface area contributed by atoms with Gasteiger partial charge in [-0.15, -0.1) is 0 Å². The zero-order valence-electron chi connectivity index (χ0n) is 7.76. The first-order valence-corrected chi connectivity index (χ1v) is 4.63. The summed E-state index contributed by atoms with van der Waals surface area (Å²) in [7, 11) is 0. The largest absolute Gasteiger partial charge is 0.301 e. The molecule has 0 radical (unpaired) electrons. The van der Waals surface area contributed by atoms with Gasteiger partial charge in [0.2, 0.25) is 6.43 Å². The first-order chi connectivity index (χ1) is 5.61. The Morgan fingerprint density at radius 2 is 1.67 bits per heavy atom. The molecule has 0 atom stereocenters. The molecular weight excluding hydrogens is 160 g/mol. The number of nitrogens with zero attached hydrogens (tertiary/aromatic N) is 1. The molecule has 1 fully saturated rings. The van der Waals surface area contributed by atoms with Crippen molar-refractivity contribution in [3.05, 3.63) is 0 Å². The van der Waals surface area contributed by atoms with E-state index in [2.05, 4.69) is 18.7 Å². The molecule has 1 heterocycles. The minimum absolute atomic E-state index is 0.347. The van der Waals surface area contributed by atoms with Gasteiger partial charge in [-0.1, -0.05) is 0 Å². The second-order valence-electron chi connectivity index (χ2n) is 3.80. The molecule has 0 aromatic carbocycles. The highest BCUT2D eigenvalue weighted by atomic mass is 19.3. The summed E-state index contributed by atoms with van der Waals surface area (Å²) >= 11 is 0. The maximum absolute atomic E-state index is 12.2.